The Hall–Kier alpha value is -5.36. The maximum atomic E-state index is 13.3. The van der Waals surface area contributed by atoms with Crippen molar-refractivity contribution >= 4 is 58.8 Å². The van der Waals surface area contributed by atoms with Crippen molar-refractivity contribution in [1.82, 2.24) is 5.32 Å². The molecule has 3 aromatic carbocycles. The minimum atomic E-state index is -0.957. The number of halogens is 1. The van der Waals surface area contributed by atoms with E-state index in [1.165, 1.54) is 56.7 Å². The number of hydrogen-bond acceptors (Lipinski definition) is 9. The molecule has 0 saturated carbocycles. The number of carbonyl (C=O) groups is 5. The van der Waals surface area contributed by atoms with Gasteiger partial charge in [0.2, 0.25) is 0 Å². The second-order valence-electron chi connectivity index (χ2n) is 8.80. The van der Waals surface area contributed by atoms with Crippen molar-refractivity contribution in [3.63, 3.8) is 0 Å². The van der Waals surface area contributed by atoms with E-state index in [0.29, 0.717) is 11.4 Å². The van der Waals surface area contributed by atoms with E-state index in [1.54, 1.807) is 31.2 Å². The van der Waals surface area contributed by atoms with Crippen LogP contribution in [0.4, 0.5) is 16.2 Å². The van der Waals surface area contributed by atoms with Gasteiger partial charge >= 0.3 is 12.0 Å². The third-order valence-corrected chi connectivity index (χ3v) is 6.30. The van der Waals surface area contributed by atoms with Crippen LogP contribution in [0, 0.1) is 0 Å². The molecule has 0 aromatic heterocycles. The molecule has 3 aromatic rings. The molecule has 1 fully saturated rings. The molecular formula is C30H26ClN3O9. The highest BCUT2D eigenvalue weighted by Crippen LogP contribution is 2.38. The molecule has 1 aliphatic heterocycles. The molecule has 0 bridgehead atoms. The number of imide groups is 2. The van der Waals surface area contributed by atoms with Crippen molar-refractivity contribution < 1.29 is 42.9 Å². The molecule has 43 heavy (non-hydrogen) atoms. The summed E-state index contributed by atoms with van der Waals surface area (Å²) in [6, 6.07) is 14.3. The van der Waals surface area contributed by atoms with Gasteiger partial charge in [-0.3, -0.25) is 19.7 Å². The number of amides is 5. The average Bonchev–Trinajstić information content (AvgIpc) is 2.99. The van der Waals surface area contributed by atoms with E-state index in [-0.39, 0.29) is 45.5 Å². The molecule has 5 amide bonds. The molecule has 1 aliphatic rings. The molecule has 4 rings (SSSR count). The first-order valence-electron chi connectivity index (χ1n) is 12.8. The van der Waals surface area contributed by atoms with Crippen LogP contribution in [-0.2, 0) is 19.1 Å². The number of rotatable bonds is 10. The van der Waals surface area contributed by atoms with Crippen molar-refractivity contribution in [3.8, 4) is 17.2 Å². The highest BCUT2D eigenvalue weighted by atomic mass is 35.5. The predicted molar refractivity (Wildman–Crippen MR) is 157 cm³/mol. The van der Waals surface area contributed by atoms with Crippen molar-refractivity contribution in [3.05, 3.63) is 82.4 Å². The summed E-state index contributed by atoms with van der Waals surface area (Å²) in [6.45, 7) is 1.53. The lowest BCUT2D eigenvalue weighted by Gasteiger charge is -2.26. The predicted octanol–water partition coefficient (Wildman–Crippen LogP) is 4.22. The average molecular weight is 608 g/mol. The number of methoxy groups -OCH3 is 2. The highest BCUT2D eigenvalue weighted by Gasteiger charge is 2.37. The van der Waals surface area contributed by atoms with E-state index >= 15 is 0 Å². The Morgan fingerprint density at radius 1 is 0.977 bits per heavy atom. The lowest BCUT2D eigenvalue weighted by atomic mass is 10.1. The van der Waals surface area contributed by atoms with E-state index in [0.717, 1.165) is 4.90 Å². The highest BCUT2D eigenvalue weighted by molar-refractivity contribution is 6.39. The number of nitrogens with one attached hydrogen (secondary N) is 2. The minimum Gasteiger partial charge on any atom is -0.495 e. The summed E-state index contributed by atoms with van der Waals surface area (Å²) in [4.78, 5) is 63.6. The lowest BCUT2D eigenvalue weighted by molar-refractivity contribution is -0.122. The van der Waals surface area contributed by atoms with Gasteiger partial charge in [0, 0.05) is 0 Å². The Morgan fingerprint density at radius 2 is 1.70 bits per heavy atom. The van der Waals surface area contributed by atoms with Crippen LogP contribution < -0.4 is 29.7 Å². The van der Waals surface area contributed by atoms with Crippen molar-refractivity contribution in [2.75, 3.05) is 37.7 Å². The summed E-state index contributed by atoms with van der Waals surface area (Å²) in [5.74, 6) is -2.20. The van der Waals surface area contributed by atoms with Crippen LogP contribution in [0.5, 0.6) is 17.2 Å². The Morgan fingerprint density at radius 3 is 2.37 bits per heavy atom. The zero-order chi connectivity index (χ0) is 31.1. The van der Waals surface area contributed by atoms with Crippen LogP contribution in [0.2, 0.25) is 5.02 Å². The fourth-order valence-corrected chi connectivity index (χ4v) is 4.34. The number of barbiturate groups is 1. The molecule has 1 heterocycles. The van der Waals surface area contributed by atoms with Crippen LogP contribution in [0.1, 0.15) is 22.8 Å². The molecule has 2 N–H and O–H groups in total. The van der Waals surface area contributed by atoms with Gasteiger partial charge in [-0.05, 0) is 67.1 Å². The fraction of sp³-hybridized carbons (Fsp3) is 0.167. The van der Waals surface area contributed by atoms with Crippen LogP contribution in [0.25, 0.3) is 6.08 Å². The molecule has 0 spiro atoms. The van der Waals surface area contributed by atoms with E-state index in [1.807, 2.05) is 0 Å². The Labute approximate surface area is 251 Å². The van der Waals surface area contributed by atoms with Gasteiger partial charge in [-0.1, -0.05) is 23.7 Å². The summed E-state index contributed by atoms with van der Waals surface area (Å²) in [5, 5.41) is 4.86. The second kappa shape index (κ2) is 13.5. The van der Waals surface area contributed by atoms with Crippen molar-refractivity contribution in [1.29, 1.82) is 0 Å². The van der Waals surface area contributed by atoms with Crippen LogP contribution >= 0.6 is 11.6 Å². The quantitative estimate of drug-likeness (QED) is 0.196. The molecular weight excluding hydrogens is 582 g/mol. The largest absolute Gasteiger partial charge is 0.495 e. The Kier molecular flexibility index (Phi) is 9.63. The minimum absolute atomic E-state index is 0.0397. The smallest absolute Gasteiger partial charge is 0.337 e. The van der Waals surface area contributed by atoms with E-state index < -0.39 is 36.3 Å². The van der Waals surface area contributed by atoms with Crippen molar-refractivity contribution in [2.24, 2.45) is 0 Å². The number of urea groups is 1. The zero-order valence-electron chi connectivity index (χ0n) is 23.3. The third kappa shape index (κ3) is 6.93. The molecule has 222 valence electrons. The number of carbonyl (C=O) groups excluding carboxylic acids is 5. The Bertz CT molecular complexity index is 1620. The van der Waals surface area contributed by atoms with E-state index in [9.17, 15) is 24.0 Å². The van der Waals surface area contributed by atoms with E-state index in [4.69, 9.17) is 25.8 Å². The number of esters is 1. The van der Waals surface area contributed by atoms with Gasteiger partial charge in [0.1, 0.15) is 11.3 Å². The standard InChI is InChI=1S/C30H26ClN3O9/c1-4-42-24-15-17(14-21(31)26(24)43-16-25(35)32-22-7-5-6-8-23(22)40-2)13-20-27(36)33-30(39)34(28(20)37)19-11-9-18(10-12-19)29(38)41-3/h5-15H,4,16H2,1-3H3,(H,32,35)(H,33,36,39)/b20-13-. The monoisotopic (exact) mass is 607 g/mol. The summed E-state index contributed by atoms with van der Waals surface area (Å²) in [7, 11) is 2.71. The summed E-state index contributed by atoms with van der Waals surface area (Å²) >= 11 is 6.48. The molecule has 0 unspecified atom stereocenters. The number of anilines is 2. The van der Waals surface area contributed by atoms with Gasteiger partial charge in [0.05, 0.1) is 42.8 Å². The fourth-order valence-electron chi connectivity index (χ4n) is 4.07. The number of ether oxygens (including phenoxy) is 4. The van der Waals surface area contributed by atoms with E-state index in [2.05, 4.69) is 15.4 Å². The summed E-state index contributed by atoms with van der Waals surface area (Å²) in [6.07, 6.45) is 1.24. The first kappa shape index (κ1) is 30.6. The number of hydrogen-bond donors (Lipinski definition) is 2. The zero-order valence-corrected chi connectivity index (χ0v) is 24.0. The van der Waals surface area contributed by atoms with Gasteiger partial charge in [0.25, 0.3) is 17.7 Å². The van der Waals surface area contributed by atoms with Crippen molar-refractivity contribution in [2.45, 2.75) is 6.92 Å². The first-order chi connectivity index (χ1) is 20.7. The molecule has 0 aliphatic carbocycles. The second-order valence-corrected chi connectivity index (χ2v) is 9.20. The molecule has 12 nitrogen and oxygen atoms in total. The SMILES string of the molecule is CCOc1cc(/C=C2/C(=O)NC(=O)N(c3ccc(C(=O)OC)cc3)C2=O)cc(Cl)c1OCC(=O)Nc1ccccc1OC. The van der Waals surface area contributed by atoms with Gasteiger partial charge in [-0.25, -0.2) is 14.5 Å². The molecule has 13 heteroatoms. The third-order valence-electron chi connectivity index (χ3n) is 6.02. The molecule has 0 radical (unpaired) electrons. The van der Waals surface area contributed by atoms with Gasteiger partial charge in [-0.2, -0.15) is 0 Å². The summed E-state index contributed by atoms with van der Waals surface area (Å²) in [5.41, 5.74) is 0.713. The van der Waals surface area contributed by atoms with Gasteiger partial charge in [0.15, 0.2) is 18.1 Å². The number of para-hydroxylation sites is 2. The number of nitrogens with zero attached hydrogens (tertiary/aromatic N) is 1. The molecule has 1 saturated heterocycles. The number of benzene rings is 3. The van der Waals surface area contributed by atoms with Crippen LogP contribution in [0.15, 0.2) is 66.2 Å². The molecule has 0 atom stereocenters. The maximum absolute atomic E-state index is 13.3. The van der Waals surface area contributed by atoms with Gasteiger partial charge < -0.3 is 24.3 Å². The topological polar surface area (TPSA) is 150 Å². The van der Waals surface area contributed by atoms with Gasteiger partial charge in [-0.15, -0.1) is 0 Å². The Balaban J connectivity index is 1.57. The van der Waals surface area contributed by atoms with Crippen LogP contribution in [-0.4, -0.2) is 57.2 Å². The lowest BCUT2D eigenvalue weighted by Crippen LogP contribution is -2.54. The first-order valence-corrected chi connectivity index (χ1v) is 13.2. The normalized spacial score (nSPS) is 13.8. The summed E-state index contributed by atoms with van der Waals surface area (Å²) < 4.78 is 21.2. The maximum Gasteiger partial charge on any atom is 0.337 e. The van der Waals surface area contributed by atoms with Crippen LogP contribution in [0.3, 0.4) is 0 Å².